The number of nitrogens with one attached hydrogen (secondary N) is 1. The van der Waals surface area contributed by atoms with E-state index in [4.69, 9.17) is 5.11 Å². The number of H-pyrrole nitrogens is 1. The van der Waals surface area contributed by atoms with Gasteiger partial charge in [-0.05, 0) is 11.7 Å². The standard InChI is InChI=1S/C9H14N2O2S/c1-6(2)4-14-5-7-10-8(12)3-9(13)11-7/h3,6H,4-5H2,1-2H3,(H2,10,11,12,13). The molecule has 5 heteroatoms. The van der Waals surface area contributed by atoms with Crippen molar-refractivity contribution in [3.05, 3.63) is 22.2 Å². The summed E-state index contributed by atoms with van der Waals surface area (Å²) in [5.41, 5.74) is -0.308. The second-order valence-electron chi connectivity index (χ2n) is 3.46. The fourth-order valence-electron chi connectivity index (χ4n) is 0.954. The number of hydrogen-bond acceptors (Lipinski definition) is 4. The van der Waals surface area contributed by atoms with Crippen molar-refractivity contribution in [3.63, 3.8) is 0 Å². The van der Waals surface area contributed by atoms with Crippen molar-refractivity contribution in [3.8, 4) is 5.88 Å². The molecular formula is C9H14N2O2S. The Morgan fingerprint density at radius 2 is 2.36 bits per heavy atom. The van der Waals surface area contributed by atoms with Gasteiger partial charge in [0, 0.05) is 0 Å². The van der Waals surface area contributed by atoms with Gasteiger partial charge in [-0.1, -0.05) is 13.8 Å². The SMILES string of the molecule is CC(C)CSCc1nc(O)cc(=O)[nH]1. The van der Waals surface area contributed by atoms with Crippen molar-refractivity contribution in [2.45, 2.75) is 19.6 Å². The summed E-state index contributed by atoms with van der Waals surface area (Å²) in [6.07, 6.45) is 0. The Kier molecular flexibility index (Phi) is 4.00. The van der Waals surface area contributed by atoms with Crippen molar-refractivity contribution >= 4 is 11.8 Å². The van der Waals surface area contributed by atoms with Gasteiger partial charge in [0.15, 0.2) is 0 Å². The molecule has 14 heavy (non-hydrogen) atoms. The van der Waals surface area contributed by atoms with Crippen LogP contribution in [0.2, 0.25) is 0 Å². The number of nitrogens with zero attached hydrogens (tertiary/aromatic N) is 1. The molecule has 0 aliphatic carbocycles. The molecule has 1 aromatic heterocycles. The highest BCUT2D eigenvalue weighted by Crippen LogP contribution is 2.12. The molecule has 1 aromatic rings. The quantitative estimate of drug-likeness (QED) is 0.794. The average Bonchev–Trinajstić information content (AvgIpc) is 2.01. The largest absolute Gasteiger partial charge is 0.493 e. The molecule has 1 rings (SSSR count). The minimum absolute atomic E-state index is 0.214. The molecule has 0 radical (unpaired) electrons. The van der Waals surface area contributed by atoms with Crippen LogP contribution >= 0.6 is 11.8 Å². The molecule has 4 nitrogen and oxygen atoms in total. The molecular weight excluding hydrogens is 200 g/mol. The molecule has 0 aliphatic heterocycles. The van der Waals surface area contributed by atoms with E-state index in [1.54, 1.807) is 11.8 Å². The molecule has 0 amide bonds. The van der Waals surface area contributed by atoms with Crippen LogP contribution in [-0.2, 0) is 5.75 Å². The average molecular weight is 214 g/mol. The van der Waals surface area contributed by atoms with Crippen molar-refractivity contribution in [2.24, 2.45) is 5.92 Å². The number of rotatable bonds is 4. The zero-order valence-corrected chi connectivity index (χ0v) is 9.10. The minimum atomic E-state index is -0.308. The van der Waals surface area contributed by atoms with E-state index in [0.29, 0.717) is 17.5 Å². The number of aromatic hydroxyl groups is 1. The molecule has 0 unspecified atom stereocenters. The molecule has 0 saturated carbocycles. The Hall–Kier alpha value is -0.970. The molecule has 0 bridgehead atoms. The normalized spacial score (nSPS) is 10.8. The molecule has 0 fully saturated rings. The van der Waals surface area contributed by atoms with Gasteiger partial charge in [0.25, 0.3) is 5.56 Å². The van der Waals surface area contributed by atoms with Gasteiger partial charge >= 0.3 is 0 Å². The van der Waals surface area contributed by atoms with E-state index in [0.717, 1.165) is 11.8 Å². The Balaban J connectivity index is 2.55. The zero-order valence-electron chi connectivity index (χ0n) is 8.28. The number of aromatic nitrogens is 2. The van der Waals surface area contributed by atoms with Gasteiger partial charge in [-0.2, -0.15) is 16.7 Å². The van der Waals surface area contributed by atoms with Crippen molar-refractivity contribution in [1.82, 2.24) is 9.97 Å². The van der Waals surface area contributed by atoms with Gasteiger partial charge in [0.05, 0.1) is 11.8 Å². The summed E-state index contributed by atoms with van der Waals surface area (Å²) in [4.78, 5) is 17.3. The maximum absolute atomic E-state index is 10.9. The van der Waals surface area contributed by atoms with Crippen molar-refractivity contribution < 1.29 is 5.11 Å². The third kappa shape index (κ3) is 3.83. The molecule has 0 atom stereocenters. The van der Waals surface area contributed by atoms with E-state index < -0.39 is 0 Å². The van der Waals surface area contributed by atoms with E-state index in [-0.39, 0.29) is 11.4 Å². The van der Waals surface area contributed by atoms with Crippen LogP contribution in [0.5, 0.6) is 5.88 Å². The van der Waals surface area contributed by atoms with Crippen LogP contribution in [0.25, 0.3) is 0 Å². The lowest BCUT2D eigenvalue weighted by Crippen LogP contribution is -2.08. The summed E-state index contributed by atoms with van der Waals surface area (Å²) in [6.45, 7) is 4.26. The Bertz CT molecular complexity index is 349. The van der Waals surface area contributed by atoms with E-state index in [9.17, 15) is 4.79 Å². The first kappa shape index (κ1) is 11.1. The molecule has 78 valence electrons. The van der Waals surface area contributed by atoms with Crippen LogP contribution in [0.1, 0.15) is 19.7 Å². The zero-order chi connectivity index (χ0) is 10.6. The highest BCUT2D eigenvalue weighted by atomic mass is 32.2. The lowest BCUT2D eigenvalue weighted by atomic mass is 10.3. The highest BCUT2D eigenvalue weighted by Gasteiger charge is 2.01. The van der Waals surface area contributed by atoms with Crippen molar-refractivity contribution in [2.75, 3.05) is 5.75 Å². The maximum atomic E-state index is 10.9. The second-order valence-corrected chi connectivity index (χ2v) is 4.49. The number of aromatic amines is 1. The minimum Gasteiger partial charge on any atom is -0.493 e. The third-order valence-corrected chi connectivity index (χ3v) is 2.85. The van der Waals surface area contributed by atoms with Gasteiger partial charge in [0.2, 0.25) is 5.88 Å². The van der Waals surface area contributed by atoms with Gasteiger partial charge in [-0.25, -0.2) is 0 Å². The van der Waals surface area contributed by atoms with Gasteiger partial charge < -0.3 is 10.1 Å². The van der Waals surface area contributed by atoms with E-state index in [2.05, 4.69) is 23.8 Å². The first-order valence-corrected chi connectivity index (χ1v) is 5.60. The van der Waals surface area contributed by atoms with Crippen LogP contribution in [0.3, 0.4) is 0 Å². The molecule has 0 spiro atoms. The fourth-order valence-corrected chi connectivity index (χ4v) is 1.87. The van der Waals surface area contributed by atoms with E-state index in [1.165, 1.54) is 0 Å². The lowest BCUT2D eigenvalue weighted by Gasteiger charge is -2.03. The second kappa shape index (κ2) is 5.05. The first-order chi connectivity index (χ1) is 6.58. The van der Waals surface area contributed by atoms with Crippen molar-refractivity contribution in [1.29, 1.82) is 0 Å². The van der Waals surface area contributed by atoms with E-state index in [1.807, 2.05) is 0 Å². The van der Waals surface area contributed by atoms with E-state index >= 15 is 0 Å². The summed E-state index contributed by atoms with van der Waals surface area (Å²) in [5.74, 6) is 2.57. The molecule has 0 aliphatic rings. The lowest BCUT2D eigenvalue weighted by molar-refractivity contribution is 0.449. The monoisotopic (exact) mass is 214 g/mol. The summed E-state index contributed by atoms with van der Waals surface area (Å²) in [5, 5.41) is 9.06. The fraction of sp³-hybridized carbons (Fsp3) is 0.556. The topological polar surface area (TPSA) is 66.0 Å². The highest BCUT2D eigenvalue weighted by molar-refractivity contribution is 7.98. The summed E-state index contributed by atoms with van der Waals surface area (Å²) >= 11 is 1.69. The molecule has 0 aromatic carbocycles. The Morgan fingerprint density at radius 3 is 2.93 bits per heavy atom. The maximum Gasteiger partial charge on any atom is 0.254 e. The summed E-state index contributed by atoms with van der Waals surface area (Å²) in [7, 11) is 0. The van der Waals surface area contributed by atoms with Crippen LogP contribution < -0.4 is 5.56 Å². The van der Waals surface area contributed by atoms with Gasteiger partial charge in [-0.3, -0.25) is 4.79 Å². The summed E-state index contributed by atoms with van der Waals surface area (Å²) in [6, 6.07) is 1.07. The predicted molar refractivity (Wildman–Crippen MR) is 57.5 cm³/mol. The van der Waals surface area contributed by atoms with Crippen LogP contribution in [0.4, 0.5) is 0 Å². The summed E-state index contributed by atoms with van der Waals surface area (Å²) < 4.78 is 0. The number of hydrogen-bond donors (Lipinski definition) is 2. The predicted octanol–water partition coefficient (Wildman–Crippen LogP) is 1.36. The van der Waals surface area contributed by atoms with Crippen LogP contribution in [0, 0.1) is 5.92 Å². The number of thioether (sulfide) groups is 1. The van der Waals surface area contributed by atoms with Crippen LogP contribution in [-0.4, -0.2) is 20.8 Å². The molecule has 1 heterocycles. The first-order valence-electron chi connectivity index (χ1n) is 4.45. The third-order valence-electron chi connectivity index (χ3n) is 1.47. The van der Waals surface area contributed by atoms with Gasteiger partial charge in [-0.15, -0.1) is 0 Å². The molecule has 0 saturated heterocycles. The smallest absolute Gasteiger partial charge is 0.254 e. The van der Waals surface area contributed by atoms with Gasteiger partial charge in [0.1, 0.15) is 5.82 Å². The van der Waals surface area contributed by atoms with Crippen LogP contribution in [0.15, 0.2) is 10.9 Å². The Morgan fingerprint density at radius 1 is 1.64 bits per heavy atom. The Labute approximate surface area is 86.8 Å². The molecule has 2 N–H and O–H groups in total.